The van der Waals surface area contributed by atoms with Gasteiger partial charge in [-0.15, -0.1) is 0 Å². The van der Waals surface area contributed by atoms with Gasteiger partial charge in [0, 0.05) is 25.5 Å². The summed E-state index contributed by atoms with van der Waals surface area (Å²) < 4.78 is 5.35. The number of ether oxygens (including phenoxy) is 1. The van der Waals surface area contributed by atoms with Gasteiger partial charge in [-0.3, -0.25) is 14.7 Å². The van der Waals surface area contributed by atoms with E-state index in [2.05, 4.69) is 29.3 Å². The molecule has 2 aromatic carbocycles. The molecule has 1 amide bonds. The fourth-order valence-corrected chi connectivity index (χ4v) is 4.00. The monoisotopic (exact) mass is 420 g/mol. The number of aliphatic imine (C=N–C) groups is 1. The van der Waals surface area contributed by atoms with E-state index >= 15 is 0 Å². The zero-order valence-corrected chi connectivity index (χ0v) is 19.1. The Morgan fingerprint density at radius 1 is 1.16 bits per heavy atom. The van der Waals surface area contributed by atoms with E-state index in [-0.39, 0.29) is 0 Å². The van der Waals surface area contributed by atoms with Crippen molar-refractivity contribution in [2.75, 3.05) is 31.0 Å². The standard InChI is InChI=1S/C25H32N4O2/c1-17-15-22(13-14-23(17)31-5)29(16-30)25(27-3)24(18(2)26)28(4)21-11-9-20(10-12-21)19-7-6-8-19/h9-16,19H,6-8,26H2,1-5H3/b24-18-,27-25?. The molecule has 0 radical (unpaired) electrons. The van der Waals surface area contributed by atoms with E-state index in [0.29, 0.717) is 28.8 Å². The lowest BCUT2D eigenvalue weighted by molar-refractivity contribution is -0.106. The van der Waals surface area contributed by atoms with Crippen LogP contribution in [0.25, 0.3) is 0 Å². The first-order chi connectivity index (χ1) is 14.9. The lowest BCUT2D eigenvalue weighted by atomic mass is 9.80. The molecule has 2 aromatic rings. The van der Waals surface area contributed by atoms with Crippen LogP contribution >= 0.6 is 0 Å². The van der Waals surface area contributed by atoms with E-state index < -0.39 is 0 Å². The van der Waals surface area contributed by atoms with Crippen LogP contribution in [-0.4, -0.2) is 33.5 Å². The Kier molecular flexibility index (Phi) is 7.00. The molecule has 0 aromatic heterocycles. The van der Waals surface area contributed by atoms with Gasteiger partial charge in [0.15, 0.2) is 5.84 Å². The van der Waals surface area contributed by atoms with Crippen molar-refractivity contribution in [2.24, 2.45) is 10.7 Å². The molecule has 0 atom stereocenters. The van der Waals surface area contributed by atoms with Crippen LogP contribution in [0, 0.1) is 6.92 Å². The average molecular weight is 421 g/mol. The number of allylic oxidation sites excluding steroid dienone is 1. The summed E-state index contributed by atoms with van der Waals surface area (Å²) in [7, 11) is 5.23. The zero-order chi connectivity index (χ0) is 22.5. The minimum Gasteiger partial charge on any atom is -0.496 e. The van der Waals surface area contributed by atoms with Crippen molar-refractivity contribution in [1.82, 2.24) is 0 Å². The molecule has 31 heavy (non-hydrogen) atoms. The van der Waals surface area contributed by atoms with Gasteiger partial charge in [-0.2, -0.15) is 0 Å². The summed E-state index contributed by atoms with van der Waals surface area (Å²) >= 11 is 0. The third kappa shape index (κ3) is 4.58. The molecule has 0 saturated heterocycles. The highest BCUT2D eigenvalue weighted by Crippen LogP contribution is 2.37. The molecule has 2 N–H and O–H groups in total. The molecule has 0 unspecified atom stereocenters. The van der Waals surface area contributed by atoms with Crippen molar-refractivity contribution in [3.05, 3.63) is 65.0 Å². The van der Waals surface area contributed by atoms with Crippen LogP contribution in [0.2, 0.25) is 0 Å². The minimum absolute atomic E-state index is 0.477. The number of methoxy groups -OCH3 is 1. The third-order valence-corrected chi connectivity index (χ3v) is 5.98. The third-order valence-electron chi connectivity index (χ3n) is 5.98. The maximum atomic E-state index is 12.1. The molecule has 1 fully saturated rings. The van der Waals surface area contributed by atoms with Crippen LogP contribution in [0.3, 0.4) is 0 Å². The van der Waals surface area contributed by atoms with E-state index in [1.54, 1.807) is 14.2 Å². The van der Waals surface area contributed by atoms with Crippen molar-refractivity contribution < 1.29 is 9.53 Å². The second kappa shape index (κ2) is 9.69. The van der Waals surface area contributed by atoms with Gasteiger partial charge in [0.25, 0.3) is 0 Å². The van der Waals surface area contributed by atoms with Crippen LogP contribution < -0.4 is 20.3 Å². The Morgan fingerprint density at radius 3 is 2.26 bits per heavy atom. The molecular formula is C25H32N4O2. The first-order valence-electron chi connectivity index (χ1n) is 10.6. The highest BCUT2D eigenvalue weighted by Gasteiger charge is 2.24. The minimum atomic E-state index is 0.477. The van der Waals surface area contributed by atoms with E-state index in [0.717, 1.165) is 23.4 Å². The average Bonchev–Trinajstić information content (AvgIpc) is 2.72. The smallest absolute Gasteiger partial charge is 0.219 e. The number of amides is 1. The molecule has 1 aliphatic carbocycles. The van der Waals surface area contributed by atoms with Crippen molar-refractivity contribution in [3.63, 3.8) is 0 Å². The molecule has 0 heterocycles. The second-order valence-corrected chi connectivity index (χ2v) is 7.99. The first-order valence-corrected chi connectivity index (χ1v) is 10.6. The van der Waals surface area contributed by atoms with E-state index in [1.165, 1.54) is 29.7 Å². The Balaban J connectivity index is 1.94. The number of rotatable bonds is 7. The topological polar surface area (TPSA) is 71.2 Å². The van der Waals surface area contributed by atoms with Gasteiger partial charge in [-0.1, -0.05) is 18.6 Å². The lowest BCUT2D eigenvalue weighted by Gasteiger charge is -2.30. The van der Waals surface area contributed by atoms with Crippen molar-refractivity contribution in [3.8, 4) is 5.75 Å². The van der Waals surface area contributed by atoms with Gasteiger partial charge in [-0.25, -0.2) is 0 Å². The number of carbonyl (C=O) groups excluding carboxylic acids is 1. The highest BCUT2D eigenvalue weighted by molar-refractivity contribution is 6.19. The van der Waals surface area contributed by atoms with Crippen LogP contribution in [0.1, 0.15) is 43.2 Å². The van der Waals surface area contributed by atoms with Gasteiger partial charge in [0.2, 0.25) is 6.41 Å². The molecule has 0 bridgehead atoms. The fourth-order valence-electron chi connectivity index (χ4n) is 4.00. The number of benzene rings is 2. The molecule has 1 saturated carbocycles. The largest absolute Gasteiger partial charge is 0.496 e. The van der Waals surface area contributed by atoms with Crippen LogP contribution in [0.4, 0.5) is 11.4 Å². The van der Waals surface area contributed by atoms with Gasteiger partial charge >= 0.3 is 0 Å². The number of amidine groups is 1. The molecule has 6 heteroatoms. The predicted molar refractivity (Wildman–Crippen MR) is 128 cm³/mol. The quantitative estimate of drug-likeness (QED) is 0.404. The van der Waals surface area contributed by atoms with Crippen molar-refractivity contribution in [1.29, 1.82) is 0 Å². The first kappa shape index (κ1) is 22.4. The summed E-state index contributed by atoms with van der Waals surface area (Å²) in [5.74, 6) is 1.92. The Bertz CT molecular complexity index is 987. The number of likely N-dealkylation sites (N-methyl/N-ethyl adjacent to an activating group) is 1. The van der Waals surface area contributed by atoms with Gasteiger partial charge in [0.1, 0.15) is 11.4 Å². The maximum absolute atomic E-state index is 12.1. The number of hydrogen-bond donors (Lipinski definition) is 1. The summed E-state index contributed by atoms with van der Waals surface area (Å²) in [6, 6.07) is 14.2. The Hall–Kier alpha value is -3.28. The number of nitrogens with zero attached hydrogens (tertiary/aromatic N) is 3. The molecule has 164 valence electrons. The Labute approximate surface area is 185 Å². The van der Waals surface area contributed by atoms with E-state index in [4.69, 9.17) is 10.5 Å². The van der Waals surface area contributed by atoms with Gasteiger partial charge in [0.05, 0.1) is 12.8 Å². The van der Waals surface area contributed by atoms with E-state index in [9.17, 15) is 4.79 Å². The molecule has 0 spiro atoms. The van der Waals surface area contributed by atoms with E-state index in [1.807, 2.05) is 44.0 Å². The lowest BCUT2D eigenvalue weighted by Crippen LogP contribution is -2.38. The summed E-state index contributed by atoms with van der Waals surface area (Å²) in [6.07, 6.45) is 4.61. The highest BCUT2D eigenvalue weighted by atomic mass is 16.5. The fraction of sp³-hybridized carbons (Fsp3) is 0.360. The van der Waals surface area contributed by atoms with Crippen molar-refractivity contribution in [2.45, 2.75) is 39.0 Å². The van der Waals surface area contributed by atoms with Crippen molar-refractivity contribution >= 4 is 23.6 Å². The summed E-state index contributed by atoms with van der Waals surface area (Å²) in [6.45, 7) is 3.76. The maximum Gasteiger partial charge on any atom is 0.219 e. The Morgan fingerprint density at radius 2 is 1.81 bits per heavy atom. The summed E-state index contributed by atoms with van der Waals surface area (Å²) in [4.78, 5) is 20.1. The predicted octanol–water partition coefficient (Wildman–Crippen LogP) is 4.59. The number of carbonyl (C=O) groups is 1. The number of nitrogens with two attached hydrogens (primary N) is 1. The second-order valence-electron chi connectivity index (χ2n) is 7.99. The number of hydrogen-bond acceptors (Lipinski definition) is 5. The molecule has 6 nitrogen and oxygen atoms in total. The SMILES string of the molecule is CN=C(/C(=C(\C)N)N(C)c1ccc(C2CCC2)cc1)N(C=O)c1ccc(OC)c(C)c1. The molecule has 3 rings (SSSR count). The zero-order valence-electron chi connectivity index (χ0n) is 19.1. The molecular weight excluding hydrogens is 388 g/mol. The summed E-state index contributed by atoms with van der Waals surface area (Å²) in [5, 5.41) is 0. The van der Waals surface area contributed by atoms with Gasteiger partial charge in [-0.05, 0) is 74.1 Å². The van der Waals surface area contributed by atoms with Crippen LogP contribution in [0.5, 0.6) is 5.75 Å². The van der Waals surface area contributed by atoms with Crippen LogP contribution in [-0.2, 0) is 4.79 Å². The number of aryl methyl sites for hydroxylation is 1. The summed E-state index contributed by atoms with van der Waals surface area (Å²) in [5.41, 5.74) is 11.5. The molecule has 0 aliphatic heterocycles. The van der Waals surface area contributed by atoms with Crippen LogP contribution in [0.15, 0.2) is 58.9 Å². The van der Waals surface area contributed by atoms with Gasteiger partial charge < -0.3 is 15.4 Å². The molecule has 1 aliphatic rings. The normalized spacial score (nSPS) is 15.1. The number of anilines is 2.